The zero-order chi connectivity index (χ0) is 21.8. The van der Waals surface area contributed by atoms with Gasteiger partial charge in [0.05, 0.1) is 11.8 Å². The average molecular weight is 425 g/mol. The molecule has 0 spiro atoms. The summed E-state index contributed by atoms with van der Waals surface area (Å²) in [5.41, 5.74) is 2.69. The van der Waals surface area contributed by atoms with Crippen LogP contribution in [-0.4, -0.2) is 46.9 Å². The number of halogens is 2. The molecule has 0 N–H and O–H groups in total. The second kappa shape index (κ2) is 9.39. The predicted octanol–water partition coefficient (Wildman–Crippen LogP) is 4.21. The van der Waals surface area contributed by atoms with Crippen molar-refractivity contribution in [2.45, 2.75) is 26.3 Å². The fraction of sp³-hybridized carbons (Fsp3) is 0.333. The van der Waals surface area contributed by atoms with Crippen molar-refractivity contribution in [1.29, 1.82) is 0 Å². The van der Waals surface area contributed by atoms with Crippen LogP contribution in [0.25, 0.3) is 11.3 Å². The second-order valence-corrected chi connectivity index (χ2v) is 7.89. The van der Waals surface area contributed by atoms with E-state index in [0.29, 0.717) is 25.4 Å². The average Bonchev–Trinajstić information content (AvgIpc) is 3.21. The number of carbonyl (C=O) groups is 1. The zero-order valence-corrected chi connectivity index (χ0v) is 17.5. The maximum Gasteiger partial charge on any atom is 0.223 e. The Hall–Kier alpha value is -3.06. The van der Waals surface area contributed by atoms with Gasteiger partial charge >= 0.3 is 0 Å². The van der Waals surface area contributed by atoms with E-state index in [1.165, 1.54) is 29.5 Å². The highest BCUT2D eigenvalue weighted by Crippen LogP contribution is 2.24. The molecular weight excluding hydrogens is 400 g/mol. The lowest BCUT2D eigenvalue weighted by atomic mass is 10.1. The predicted molar refractivity (Wildman–Crippen MR) is 113 cm³/mol. The molecule has 31 heavy (non-hydrogen) atoms. The number of hydrogen-bond acceptors (Lipinski definition) is 4. The van der Waals surface area contributed by atoms with Gasteiger partial charge in [0.2, 0.25) is 5.91 Å². The summed E-state index contributed by atoms with van der Waals surface area (Å²) in [6, 6.07) is 11.8. The van der Waals surface area contributed by atoms with Gasteiger partial charge in [-0.25, -0.2) is 13.8 Å². The molecule has 2 aromatic carbocycles. The zero-order valence-electron chi connectivity index (χ0n) is 17.5. The Morgan fingerprint density at radius 1 is 1.10 bits per heavy atom. The molecule has 1 amide bonds. The van der Waals surface area contributed by atoms with Gasteiger partial charge in [0, 0.05) is 51.6 Å². The third kappa shape index (κ3) is 5.35. The Labute approximate surface area is 180 Å². The third-order valence-corrected chi connectivity index (χ3v) is 5.52. The summed E-state index contributed by atoms with van der Waals surface area (Å²) < 4.78 is 32.5. The number of carbonyl (C=O) groups excluding carboxylic acids is 1. The molecule has 1 aliphatic rings. The molecule has 0 radical (unpaired) electrons. The maximum atomic E-state index is 13.9. The largest absolute Gasteiger partial charge is 0.441 e. The first kappa shape index (κ1) is 21.2. The van der Waals surface area contributed by atoms with E-state index in [9.17, 15) is 13.6 Å². The van der Waals surface area contributed by atoms with E-state index in [2.05, 4.69) is 41.1 Å². The van der Waals surface area contributed by atoms with Crippen molar-refractivity contribution in [3.05, 3.63) is 77.3 Å². The van der Waals surface area contributed by atoms with Crippen LogP contribution in [0.3, 0.4) is 0 Å². The summed E-state index contributed by atoms with van der Waals surface area (Å²) in [7, 11) is 0. The lowest BCUT2D eigenvalue weighted by molar-refractivity contribution is -0.133. The van der Waals surface area contributed by atoms with Crippen LogP contribution in [0.1, 0.15) is 23.4 Å². The minimum absolute atomic E-state index is 0.0583. The molecule has 7 heteroatoms. The van der Waals surface area contributed by atoms with Crippen molar-refractivity contribution >= 4 is 5.91 Å². The molecule has 1 fully saturated rings. The van der Waals surface area contributed by atoms with Crippen molar-refractivity contribution in [3.63, 3.8) is 0 Å². The smallest absolute Gasteiger partial charge is 0.223 e. The summed E-state index contributed by atoms with van der Waals surface area (Å²) in [6.07, 6.45) is 2.02. The summed E-state index contributed by atoms with van der Waals surface area (Å²) in [5, 5.41) is 0. The minimum atomic E-state index is -0.706. The van der Waals surface area contributed by atoms with Crippen LogP contribution in [0.4, 0.5) is 8.78 Å². The van der Waals surface area contributed by atoms with E-state index in [4.69, 9.17) is 4.42 Å². The molecule has 1 aromatic heterocycles. The summed E-state index contributed by atoms with van der Waals surface area (Å²) in [4.78, 5) is 20.9. The lowest BCUT2D eigenvalue weighted by Crippen LogP contribution is -2.48. The Kier molecular flexibility index (Phi) is 6.42. The highest BCUT2D eigenvalue weighted by molar-refractivity contribution is 5.76. The summed E-state index contributed by atoms with van der Waals surface area (Å²) in [6.45, 7) is 6.06. The van der Waals surface area contributed by atoms with Crippen LogP contribution in [0.2, 0.25) is 0 Å². The number of oxazole rings is 1. The molecule has 0 atom stereocenters. The number of amides is 1. The summed E-state index contributed by atoms with van der Waals surface area (Å²) in [5.74, 6) is -0.703. The Morgan fingerprint density at radius 3 is 2.65 bits per heavy atom. The molecule has 1 saturated heterocycles. The molecule has 0 aliphatic carbocycles. The Bertz CT molecular complexity index is 1060. The van der Waals surface area contributed by atoms with E-state index < -0.39 is 11.6 Å². The number of benzene rings is 2. The standard InChI is InChI=1S/C24H25F2N3O2/c1-17-3-2-4-18(13-17)16-28-9-11-29(12-10-28)24(30)8-7-23-27-15-22(31-23)20-6-5-19(25)14-21(20)26/h2-6,13-15H,7-12,16H2,1H3. The first-order valence-electron chi connectivity index (χ1n) is 10.4. The van der Waals surface area contributed by atoms with Gasteiger partial charge in [-0.3, -0.25) is 9.69 Å². The van der Waals surface area contributed by atoms with Gasteiger partial charge in [-0.2, -0.15) is 0 Å². The molecular formula is C24H25F2N3O2. The highest BCUT2D eigenvalue weighted by atomic mass is 19.1. The first-order chi connectivity index (χ1) is 15.0. The first-order valence-corrected chi connectivity index (χ1v) is 10.4. The fourth-order valence-corrected chi connectivity index (χ4v) is 3.84. The highest BCUT2D eigenvalue weighted by Gasteiger charge is 2.21. The van der Waals surface area contributed by atoms with Gasteiger partial charge in [0.15, 0.2) is 11.7 Å². The van der Waals surface area contributed by atoms with Crippen LogP contribution >= 0.6 is 0 Å². The minimum Gasteiger partial charge on any atom is -0.441 e. The van der Waals surface area contributed by atoms with Crippen LogP contribution in [-0.2, 0) is 17.8 Å². The summed E-state index contributed by atoms with van der Waals surface area (Å²) >= 11 is 0. The Balaban J connectivity index is 1.26. The molecule has 162 valence electrons. The van der Waals surface area contributed by atoms with Gasteiger partial charge in [0.1, 0.15) is 11.6 Å². The quantitative estimate of drug-likeness (QED) is 0.594. The SMILES string of the molecule is Cc1cccc(CN2CCN(C(=O)CCc3ncc(-c4ccc(F)cc4F)o3)CC2)c1. The van der Waals surface area contributed by atoms with Gasteiger partial charge in [0.25, 0.3) is 0 Å². The van der Waals surface area contributed by atoms with E-state index in [1.54, 1.807) is 0 Å². The number of piperazine rings is 1. The van der Waals surface area contributed by atoms with Crippen LogP contribution in [0.5, 0.6) is 0 Å². The normalized spacial score (nSPS) is 14.7. The van der Waals surface area contributed by atoms with Crippen molar-refractivity contribution in [3.8, 4) is 11.3 Å². The number of nitrogens with zero attached hydrogens (tertiary/aromatic N) is 3. The van der Waals surface area contributed by atoms with E-state index in [-0.39, 0.29) is 23.7 Å². The monoisotopic (exact) mass is 425 g/mol. The number of aryl methyl sites for hydroxylation is 2. The molecule has 1 aliphatic heterocycles. The lowest BCUT2D eigenvalue weighted by Gasteiger charge is -2.34. The van der Waals surface area contributed by atoms with Gasteiger partial charge in [-0.05, 0) is 24.6 Å². The third-order valence-electron chi connectivity index (χ3n) is 5.52. The van der Waals surface area contributed by atoms with Crippen molar-refractivity contribution < 1.29 is 18.0 Å². The van der Waals surface area contributed by atoms with Gasteiger partial charge in [-0.15, -0.1) is 0 Å². The van der Waals surface area contributed by atoms with Crippen molar-refractivity contribution in [1.82, 2.24) is 14.8 Å². The molecule has 0 unspecified atom stereocenters. The van der Waals surface area contributed by atoms with Crippen LogP contribution in [0.15, 0.2) is 53.1 Å². The molecule has 0 bridgehead atoms. The van der Waals surface area contributed by atoms with Crippen LogP contribution < -0.4 is 0 Å². The molecule has 0 saturated carbocycles. The molecule has 2 heterocycles. The molecule has 3 aromatic rings. The number of rotatable bonds is 6. The molecule has 4 rings (SSSR count). The topological polar surface area (TPSA) is 49.6 Å². The van der Waals surface area contributed by atoms with E-state index in [1.807, 2.05) is 4.90 Å². The van der Waals surface area contributed by atoms with E-state index in [0.717, 1.165) is 25.7 Å². The van der Waals surface area contributed by atoms with Crippen molar-refractivity contribution in [2.24, 2.45) is 0 Å². The molecule has 5 nitrogen and oxygen atoms in total. The number of hydrogen-bond donors (Lipinski definition) is 0. The number of aromatic nitrogens is 1. The van der Waals surface area contributed by atoms with Gasteiger partial charge < -0.3 is 9.32 Å². The van der Waals surface area contributed by atoms with Crippen molar-refractivity contribution in [2.75, 3.05) is 26.2 Å². The maximum absolute atomic E-state index is 13.9. The Morgan fingerprint density at radius 2 is 1.90 bits per heavy atom. The van der Waals surface area contributed by atoms with Gasteiger partial charge in [-0.1, -0.05) is 29.8 Å². The van der Waals surface area contributed by atoms with Crippen LogP contribution in [0, 0.1) is 18.6 Å². The second-order valence-electron chi connectivity index (χ2n) is 7.89. The van der Waals surface area contributed by atoms with E-state index >= 15 is 0 Å². The fourth-order valence-electron chi connectivity index (χ4n) is 3.84.